The van der Waals surface area contributed by atoms with E-state index in [0.717, 1.165) is 0 Å². The van der Waals surface area contributed by atoms with Crippen molar-refractivity contribution in [3.63, 3.8) is 0 Å². The Bertz CT molecular complexity index is 330. The highest BCUT2D eigenvalue weighted by atomic mass is 19.3. The van der Waals surface area contributed by atoms with Crippen molar-refractivity contribution in [2.24, 2.45) is 0 Å². The molecule has 1 aromatic rings. The molecule has 0 aliphatic heterocycles. The molecule has 13 heavy (non-hydrogen) atoms. The molecular weight excluding hydrogens is 195 g/mol. The summed E-state index contributed by atoms with van der Waals surface area (Å²) < 4.78 is 61.1. The van der Waals surface area contributed by atoms with Crippen molar-refractivity contribution >= 4 is 0 Å². The Kier molecular flexibility index (Phi) is 2.25. The maximum Gasteiger partial charge on any atom is 0.383 e. The van der Waals surface area contributed by atoms with Crippen LogP contribution in [0.5, 0.6) is 0 Å². The zero-order valence-electron chi connectivity index (χ0n) is 5.99. The minimum Gasteiger partial charge on any atom is -0.332 e. The number of halogens is 5. The van der Waals surface area contributed by atoms with Crippen LogP contribution in [-0.4, -0.2) is 5.11 Å². The van der Waals surface area contributed by atoms with Gasteiger partial charge in [-0.05, 0) is 12.1 Å². The van der Waals surface area contributed by atoms with E-state index in [1.165, 1.54) is 0 Å². The quantitative estimate of drug-likeness (QED) is 0.541. The van der Waals surface area contributed by atoms with Crippen LogP contribution in [0.4, 0.5) is 22.0 Å². The molecule has 0 aliphatic carbocycles. The number of alkyl halides is 2. The molecule has 1 rings (SSSR count). The molecule has 1 N–H and O–H groups in total. The molecule has 0 radical (unpaired) electrons. The van der Waals surface area contributed by atoms with Crippen LogP contribution in [0.2, 0.25) is 0 Å². The van der Waals surface area contributed by atoms with Crippen LogP contribution >= 0.6 is 0 Å². The molecule has 0 saturated heterocycles. The summed E-state index contributed by atoms with van der Waals surface area (Å²) in [6, 6.07) is 0.575. The Balaban J connectivity index is 3.35. The predicted molar refractivity (Wildman–Crippen MR) is 32.4 cm³/mol. The standard InChI is InChI=1S/C7H3F5O/c8-4-2-1-3(7(11,12)13)5(9)6(4)10/h1-2,13H. The minimum absolute atomic E-state index is 0.272. The smallest absolute Gasteiger partial charge is 0.332 e. The van der Waals surface area contributed by atoms with Crippen LogP contribution in [0.1, 0.15) is 5.56 Å². The highest BCUT2D eigenvalue weighted by molar-refractivity contribution is 5.22. The summed E-state index contributed by atoms with van der Waals surface area (Å²) >= 11 is 0. The molecule has 0 amide bonds. The van der Waals surface area contributed by atoms with Crippen molar-refractivity contribution in [1.82, 2.24) is 0 Å². The lowest BCUT2D eigenvalue weighted by atomic mass is 10.2. The van der Waals surface area contributed by atoms with Gasteiger partial charge in [0.15, 0.2) is 17.5 Å². The van der Waals surface area contributed by atoms with Crippen molar-refractivity contribution in [3.8, 4) is 0 Å². The monoisotopic (exact) mass is 198 g/mol. The number of benzene rings is 1. The highest BCUT2D eigenvalue weighted by Crippen LogP contribution is 2.28. The van der Waals surface area contributed by atoms with E-state index in [4.69, 9.17) is 5.11 Å². The third kappa shape index (κ3) is 1.77. The summed E-state index contributed by atoms with van der Waals surface area (Å²) in [5.74, 6) is -5.72. The summed E-state index contributed by atoms with van der Waals surface area (Å²) in [4.78, 5) is 0. The third-order valence-electron chi connectivity index (χ3n) is 1.36. The van der Waals surface area contributed by atoms with Crippen molar-refractivity contribution in [1.29, 1.82) is 0 Å². The molecule has 0 spiro atoms. The Hall–Kier alpha value is -1.17. The zero-order chi connectivity index (χ0) is 10.2. The van der Waals surface area contributed by atoms with Crippen LogP contribution in [0.25, 0.3) is 0 Å². The van der Waals surface area contributed by atoms with Crippen LogP contribution in [-0.2, 0) is 6.11 Å². The second-order valence-electron chi connectivity index (χ2n) is 2.26. The first kappa shape index (κ1) is 9.91. The van der Waals surface area contributed by atoms with Gasteiger partial charge in [0.1, 0.15) is 0 Å². The first-order chi connectivity index (χ1) is 5.84. The van der Waals surface area contributed by atoms with Gasteiger partial charge in [-0.15, -0.1) is 0 Å². The molecular formula is C7H3F5O. The van der Waals surface area contributed by atoms with E-state index in [0.29, 0.717) is 6.07 Å². The van der Waals surface area contributed by atoms with E-state index in [-0.39, 0.29) is 6.07 Å². The van der Waals surface area contributed by atoms with Gasteiger partial charge in [-0.3, -0.25) is 0 Å². The van der Waals surface area contributed by atoms with Crippen molar-refractivity contribution < 1.29 is 27.1 Å². The lowest BCUT2D eigenvalue weighted by Gasteiger charge is -2.09. The maximum atomic E-state index is 12.5. The van der Waals surface area contributed by atoms with Gasteiger partial charge in [0, 0.05) is 0 Å². The molecule has 0 aliphatic rings. The number of hydrogen-bond acceptors (Lipinski definition) is 1. The zero-order valence-corrected chi connectivity index (χ0v) is 5.99. The van der Waals surface area contributed by atoms with E-state index >= 15 is 0 Å². The topological polar surface area (TPSA) is 20.2 Å². The highest BCUT2D eigenvalue weighted by Gasteiger charge is 2.33. The molecule has 6 heteroatoms. The molecule has 1 aromatic carbocycles. The molecule has 0 fully saturated rings. The second-order valence-corrected chi connectivity index (χ2v) is 2.26. The summed E-state index contributed by atoms with van der Waals surface area (Å²) in [5, 5.41) is 8.02. The summed E-state index contributed by atoms with van der Waals surface area (Å²) in [7, 11) is 0. The van der Waals surface area contributed by atoms with Crippen molar-refractivity contribution in [2.45, 2.75) is 6.11 Å². The number of hydrogen-bond donors (Lipinski definition) is 1. The molecule has 0 bridgehead atoms. The average Bonchev–Trinajstić information content (AvgIpc) is 1.98. The Morgan fingerprint density at radius 2 is 1.54 bits per heavy atom. The number of rotatable bonds is 1. The fraction of sp³-hybridized carbons (Fsp3) is 0.143. The lowest BCUT2D eigenvalue weighted by Crippen LogP contribution is -2.15. The minimum atomic E-state index is -4.52. The second kappa shape index (κ2) is 2.95. The van der Waals surface area contributed by atoms with Crippen LogP contribution in [0.3, 0.4) is 0 Å². The van der Waals surface area contributed by atoms with Crippen LogP contribution < -0.4 is 0 Å². The van der Waals surface area contributed by atoms with Gasteiger partial charge in [0.25, 0.3) is 0 Å². The summed E-state index contributed by atoms with van der Waals surface area (Å²) in [6.07, 6.45) is -4.52. The van der Waals surface area contributed by atoms with E-state index in [1.54, 1.807) is 0 Å². The maximum absolute atomic E-state index is 12.5. The van der Waals surface area contributed by atoms with Crippen molar-refractivity contribution in [2.75, 3.05) is 0 Å². The SMILES string of the molecule is OC(F)(F)c1ccc(F)c(F)c1F. The Labute approximate surface area is 69.4 Å². The largest absolute Gasteiger partial charge is 0.383 e. The van der Waals surface area contributed by atoms with Gasteiger partial charge in [-0.1, -0.05) is 0 Å². The van der Waals surface area contributed by atoms with Gasteiger partial charge in [-0.25, -0.2) is 13.2 Å². The third-order valence-corrected chi connectivity index (χ3v) is 1.36. The van der Waals surface area contributed by atoms with Gasteiger partial charge in [-0.2, -0.15) is 8.78 Å². The van der Waals surface area contributed by atoms with Gasteiger partial charge in [0.05, 0.1) is 5.56 Å². The van der Waals surface area contributed by atoms with Gasteiger partial charge >= 0.3 is 6.11 Å². The van der Waals surface area contributed by atoms with Gasteiger partial charge in [0.2, 0.25) is 0 Å². The van der Waals surface area contributed by atoms with E-state index < -0.39 is 29.1 Å². The molecule has 0 aromatic heterocycles. The predicted octanol–water partition coefficient (Wildman–Crippen LogP) is 2.15. The van der Waals surface area contributed by atoms with Crippen molar-refractivity contribution in [3.05, 3.63) is 35.1 Å². The molecule has 1 nitrogen and oxygen atoms in total. The molecule has 0 unspecified atom stereocenters. The fourth-order valence-corrected chi connectivity index (χ4v) is 0.758. The molecule has 72 valence electrons. The van der Waals surface area contributed by atoms with Gasteiger partial charge < -0.3 is 5.11 Å². The normalized spacial score (nSPS) is 11.8. The first-order valence-electron chi connectivity index (χ1n) is 3.08. The van der Waals surface area contributed by atoms with Crippen LogP contribution in [0, 0.1) is 17.5 Å². The first-order valence-corrected chi connectivity index (χ1v) is 3.08. The Morgan fingerprint density at radius 3 is 2.00 bits per heavy atom. The Morgan fingerprint density at radius 1 is 1.00 bits per heavy atom. The van der Waals surface area contributed by atoms with E-state index in [9.17, 15) is 22.0 Å². The molecule has 0 heterocycles. The lowest BCUT2D eigenvalue weighted by molar-refractivity contribution is -0.211. The molecule has 0 atom stereocenters. The average molecular weight is 198 g/mol. The number of aliphatic hydroxyl groups is 1. The summed E-state index contributed by atoms with van der Waals surface area (Å²) in [6.45, 7) is 0. The van der Waals surface area contributed by atoms with E-state index in [1.807, 2.05) is 0 Å². The summed E-state index contributed by atoms with van der Waals surface area (Å²) in [5.41, 5.74) is -1.59. The van der Waals surface area contributed by atoms with E-state index in [2.05, 4.69) is 0 Å². The fourth-order valence-electron chi connectivity index (χ4n) is 0.758. The molecule has 0 saturated carbocycles. The van der Waals surface area contributed by atoms with Crippen LogP contribution in [0.15, 0.2) is 12.1 Å².